The Balaban J connectivity index is 0.000000191. The zero-order valence-corrected chi connectivity index (χ0v) is 19.3. The van der Waals surface area contributed by atoms with Crippen molar-refractivity contribution in [2.45, 2.75) is 58.8 Å². The van der Waals surface area contributed by atoms with Crippen LogP contribution in [0.5, 0.6) is 0 Å². The fourth-order valence-corrected chi connectivity index (χ4v) is 4.24. The molecule has 2 aliphatic rings. The van der Waals surface area contributed by atoms with Gasteiger partial charge in [-0.05, 0) is 99.8 Å². The smallest absolute Gasteiger partial charge is 0.0438 e. The van der Waals surface area contributed by atoms with Crippen LogP contribution in [-0.4, -0.2) is 26.2 Å². The molecule has 2 nitrogen and oxygen atoms in total. The number of benzene rings is 2. The van der Waals surface area contributed by atoms with E-state index in [0.717, 1.165) is 24.0 Å². The van der Waals surface area contributed by atoms with Crippen LogP contribution in [0.2, 0.25) is 5.02 Å². The Kier molecular flexibility index (Phi) is 11.4. The highest BCUT2D eigenvalue weighted by Crippen LogP contribution is 2.28. The molecule has 0 spiro atoms. The van der Waals surface area contributed by atoms with Crippen molar-refractivity contribution >= 4 is 11.6 Å². The Morgan fingerprint density at radius 1 is 0.828 bits per heavy atom. The van der Waals surface area contributed by atoms with Crippen LogP contribution in [0.3, 0.4) is 0 Å². The summed E-state index contributed by atoms with van der Waals surface area (Å²) in [7, 11) is 0. The second-order valence-electron chi connectivity index (χ2n) is 7.92. The minimum absolute atomic E-state index is 0.703. The van der Waals surface area contributed by atoms with Crippen molar-refractivity contribution in [3.05, 3.63) is 70.2 Å². The van der Waals surface area contributed by atoms with E-state index in [1.165, 1.54) is 61.9 Å². The summed E-state index contributed by atoms with van der Waals surface area (Å²) in [6.45, 7) is 10.7. The summed E-state index contributed by atoms with van der Waals surface area (Å²) in [5.74, 6) is 1.61. The lowest BCUT2D eigenvalue weighted by molar-refractivity contribution is 0.372. The van der Waals surface area contributed by atoms with E-state index >= 15 is 0 Å². The third kappa shape index (κ3) is 8.50. The predicted molar refractivity (Wildman–Crippen MR) is 128 cm³/mol. The van der Waals surface area contributed by atoms with Crippen molar-refractivity contribution in [1.82, 2.24) is 10.6 Å². The molecular weight excluding hydrogens is 376 g/mol. The van der Waals surface area contributed by atoms with Crippen molar-refractivity contribution in [3.63, 3.8) is 0 Å². The molecule has 0 bridgehead atoms. The summed E-state index contributed by atoms with van der Waals surface area (Å²) in [5.41, 5.74) is 4.07. The van der Waals surface area contributed by atoms with Gasteiger partial charge in [0.1, 0.15) is 0 Å². The Hall–Kier alpha value is -1.35. The minimum Gasteiger partial charge on any atom is -0.317 e. The number of piperidine rings is 2. The molecule has 0 aliphatic carbocycles. The first-order valence-electron chi connectivity index (χ1n) is 11.4. The molecule has 2 heterocycles. The maximum absolute atomic E-state index is 6.12. The van der Waals surface area contributed by atoms with Gasteiger partial charge in [0.05, 0.1) is 0 Å². The summed E-state index contributed by atoms with van der Waals surface area (Å²) in [4.78, 5) is 0. The molecule has 160 valence electrons. The van der Waals surface area contributed by atoms with Crippen molar-refractivity contribution < 1.29 is 0 Å². The van der Waals surface area contributed by atoms with Gasteiger partial charge in [-0.1, -0.05) is 67.9 Å². The molecule has 0 saturated carbocycles. The van der Waals surface area contributed by atoms with Crippen LogP contribution >= 0.6 is 11.6 Å². The van der Waals surface area contributed by atoms with E-state index < -0.39 is 0 Å². The molecule has 2 aromatic carbocycles. The highest BCUT2D eigenvalue weighted by atomic mass is 35.5. The van der Waals surface area contributed by atoms with E-state index in [1.54, 1.807) is 0 Å². The molecule has 2 N–H and O–H groups in total. The maximum Gasteiger partial charge on any atom is 0.0438 e. The van der Waals surface area contributed by atoms with Crippen molar-refractivity contribution in [2.75, 3.05) is 26.2 Å². The first-order valence-corrected chi connectivity index (χ1v) is 11.8. The molecule has 2 saturated heterocycles. The minimum atomic E-state index is 0.703. The van der Waals surface area contributed by atoms with Crippen molar-refractivity contribution in [3.8, 4) is 0 Å². The lowest BCUT2D eigenvalue weighted by Gasteiger charge is -2.23. The number of halogens is 1. The Bertz CT molecular complexity index is 674. The number of rotatable bonds is 3. The van der Waals surface area contributed by atoms with Gasteiger partial charge in [0.25, 0.3) is 0 Å². The lowest BCUT2D eigenvalue weighted by atomic mass is 9.90. The monoisotopic (exact) mass is 414 g/mol. The largest absolute Gasteiger partial charge is 0.317 e. The van der Waals surface area contributed by atoms with Crippen LogP contribution in [0, 0.1) is 12.8 Å². The summed E-state index contributed by atoms with van der Waals surface area (Å²) in [6.07, 6.45) is 6.42. The summed E-state index contributed by atoms with van der Waals surface area (Å²) >= 11 is 6.12. The summed E-state index contributed by atoms with van der Waals surface area (Å²) in [6, 6.07) is 17.3. The van der Waals surface area contributed by atoms with Crippen LogP contribution in [0.1, 0.15) is 62.1 Å². The lowest BCUT2D eigenvalue weighted by Crippen LogP contribution is -2.28. The number of nitrogens with one attached hydrogen (secondary N) is 2. The zero-order valence-electron chi connectivity index (χ0n) is 18.5. The van der Waals surface area contributed by atoms with Gasteiger partial charge in [0, 0.05) is 5.02 Å². The van der Waals surface area contributed by atoms with Crippen LogP contribution in [-0.2, 0) is 6.42 Å². The molecule has 2 aliphatic heterocycles. The third-order valence-corrected chi connectivity index (χ3v) is 6.24. The molecule has 0 amide bonds. The summed E-state index contributed by atoms with van der Waals surface area (Å²) < 4.78 is 0. The van der Waals surface area contributed by atoms with Crippen LogP contribution in [0.4, 0.5) is 0 Å². The fraction of sp³-hybridized carbons (Fsp3) is 0.538. The van der Waals surface area contributed by atoms with Crippen LogP contribution in [0.15, 0.2) is 48.5 Å². The SMILES string of the molecule is CC.Cc1ccc(C2CCNCC2)cc1Cl.c1ccc(CC2CCNCC2)cc1. The molecule has 0 aromatic heterocycles. The van der Waals surface area contributed by atoms with Gasteiger partial charge < -0.3 is 10.6 Å². The number of aryl methyl sites for hydroxylation is 1. The molecule has 3 heteroatoms. The number of hydrogen-bond acceptors (Lipinski definition) is 2. The molecule has 0 radical (unpaired) electrons. The average molecular weight is 415 g/mol. The highest BCUT2D eigenvalue weighted by molar-refractivity contribution is 6.31. The van der Waals surface area contributed by atoms with Gasteiger partial charge in [-0.2, -0.15) is 0 Å². The van der Waals surface area contributed by atoms with Gasteiger partial charge in [0.2, 0.25) is 0 Å². The zero-order chi connectivity index (χ0) is 20.9. The molecule has 0 atom stereocenters. The second-order valence-corrected chi connectivity index (χ2v) is 8.32. The molecule has 2 aromatic rings. The molecule has 0 unspecified atom stereocenters. The highest BCUT2D eigenvalue weighted by Gasteiger charge is 2.15. The van der Waals surface area contributed by atoms with E-state index in [9.17, 15) is 0 Å². The first-order chi connectivity index (χ1) is 14.2. The van der Waals surface area contributed by atoms with E-state index in [2.05, 4.69) is 66.1 Å². The van der Waals surface area contributed by atoms with Crippen LogP contribution in [0.25, 0.3) is 0 Å². The van der Waals surface area contributed by atoms with E-state index in [1.807, 2.05) is 13.8 Å². The molecular formula is C26H39ClN2. The second kappa shape index (κ2) is 13.8. The van der Waals surface area contributed by atoms with Crippen LogP contribution < -0.4 is 10.6 Å². The Morgan fingerprint density at radius 3 is 2.00 bits per heavy atom. The van der Waals surface area contributed by atoms with Gasteiger partial charge >= 0.3 is 0 Å². The summed E-state index contributed by atoms with van der Waals surface area (Å²) in [5, 5.41) is 7.68. The van der Waals surface area contributed by atoms with E-state index in [-0.39, 0.29) is 0 Å². The topological polar surface area (TPSA) is 24.1 Å². The van der Waals surface area contributed by atoms with E-state index in [4.69, 9.17) is 11.6 Å². The van der Waals surface area contributed by atoms with Gasteiger partial charge in [-0.25, -0.2) is 0 Å². The maximum atomic E-state index is 6.12. The van der Waals surface area contributed by atoms with Crippen molar-refractivity contribution in [2.24, 2.45) is 5.92 Å². The quantitative estimate of drug-likeness (QED) is 0.609. The molecule has 29 heavy (non-hydrogen) atoms. The third-order valence-electron chi connectivity index (χ3n) is 5.83. The standard InChI is InChI=1S/C12H16ClN.C12H17N.C2H6/c1-9-2-3-11(8-12(9)13)10-4-6-14-7-5-10;1-2-4-11(5-3-1)10-12-6-8-13-9-7-12;1-2/h2-3,8,10,14H,4-7H2,1H3;1-5,12-13H,6-10H2;1-2H3. The van der Waals surface area contributed by atoms with Crippen molar-refractivity contribution in [1.29, 1.82) is 0 Å². The molecule has 4 rings (SSSR count). The first kappa shape index (κ1) is 23.9. The fourth-order valence-electron chi connectivity index (χ4n) is 4.05. The molecule has 2 fully saturated rings. The van der Waals surface area contributed by atoms with Gasteiger partial charge in [0.15, 0.2) is 0 Å². The number of hydrogen-bond donors (Lipinski definition) is 2. The van der Waals surface area contributed by atoms with Gasteiger partial charge in [-0.3, -0.25) is 0 Å². The van der Waals surface area contributed by atoms with Gasteiger partial charge in [-0.15, -0.1) is 0 Å². The Morgan fingerprint density at radius 2 is 1.41 bits per heavy atom. The Labute approximate surface area is 183 Å². The van der Waals surface area contributed by atoms with E-state index in [0.29, 0.717) is 5.92 Å². The normalized spacial score (nSPS) is 17.5. The average Bonchev–Trinajstić information content (AvgIpc) is 2.79. The predicted octanol–water partition coefficient (Wildman–Crippen LogP) is 6.37.